The Kier molecular flexibility index (Phi) is 4.50. The van der Waals surface area contributed by atoms with Crippen molar-refractivity contribution in [3.05, 3.63) is 59.2 Å². The number of aryl methyl sites for hydroxylation is 2. The van der Waals surface area contributed by atoms with Gasteiger partial charge in [-0.25, -0.2) is 0 Å². The topological polar surface area (TPSA) is 33.3 Å². The molecular weight excluding hydrogens is 316 g/mol. The van der Waals surface area contributed by atoms with E-state index in [0.29, 0.717) is 5.11 Å². The third-order valence-corrected chi connectivity index (χ3v) is 4.46. The van der Waals surface area contributed by atoms with E-state index in [1.807, 2.05) is 12.1 Å². The molecule has 0 saturated carbocycles. The van der Waals surface area contributed by atoms with Gasteiger partial charge in [0.05, 0.1) is 6.04 Å². The van der Waals surface area contributed by atoms with Gasteiger partial charge in [-0.15, -0.1) is 0 Å². The summed E-state index contributed by atoms with van der Waals surface area (Å²) in [7, 11) is 0. The minimum Gasteiger partial charge on any atom is -0.487 e. The second-order valence-corrected chi connectivity index (χ2v) is 7.53. The van der Waals surface area contributed by atoms with Crippen LogP contribution >= 0.6 is 12.2 Å². The van der Waals surface area contributed by atoms with E-state index in [-0.39, 0.29) is 11.6 Å². The third-order valence-electron chi connectivity index (χ3n) is 4.24. The number of benzene rings is 2. The zero-order valence-corrected chi connectivity index (χ0v) is 15.5. The Morgan fingerprint density at radius 1 is 1.08 bits per heavy atom. The number of hydrogen-bond acceptors (Lipinski definition) is 2. The minimum atomic E-state index is -0.224. The van der Waals surface area contributed by atoms with E-state index in [1.54, 1.807) is 0 Å². The Balaban J connectivity index is 1.76. The first-order valence-electron chi connectivity index (χ1n) is 8.26. The lowest BCUT2D eigenvalue weighted by Crippen LogP contribution is -2.42. The van der Waals surface area contributed by atoms with Gasteiger partial charge >= 0.3 is 0 Å². The fourth-order valence-electron chi connectivity index (χ4n) is 3.05. The first-order valence-corrected chi connectivity index (χ1v) is 8.67. The molecule has 0 bridgehead atoms. The van der Waals surface area contributed by atoms with Crippen LogP contribution in [0.4, 0.5) is 5.69 Å². The van der Waals surface area contributed by atoms with E-state index in [4.69, 9.17) is 17.0 Å². The molecule has 1 heterocycles. The van der Waals surface area contributed by atoms with Gasteiger partial charge < -0.3 is 15.4 Å². The van der Waals surface area contributed by atoms with Gasteiger partial charge in [0.1, 0.15) is 11.4 Å². The fraction of sp³-hybridized carbons (Fsp3) is 0.350. The molecule has 0 amide bonds. The van der Waals surface area contributed by atoms with Crippen LogP contribution in [0.25, 0.3) is 0 Å². The molecule has 24 heavy (non-hydrogen) atoms. The highest BCUT2D eigenvalue weighted by Gasteiger charge is 2.34. The zero-order chi connectivity index (χ0) is 17.3. The average molecular weight is 340 g/mol. The molecule has 3 nitrogen and oxygen atoms in total. The molecular formula is C20H24N2OS. The van der Waals surface area contributed by atoms with Crippen LogP contribution in [0.3, 0.4) is 0 Å². The van der Waals surface area contributed by atoms with Crippen molar-refractivity contribution in [2.45, 2.75) is 45.8 Å². The molecule has 2 N–H and O–H groups in total. The second kappa shape index (κ2) is 6.44. The molecule has 0 saturated heterocycles. The lowest BCUT2D eigenvalue weighted by molar-refractivity contribution is 0.0696. The Morgan fingerprint density at radius 3 is 2.46 bits per heavy atom. The normalized spacial score (nSPS) is 18.2. The van der Waals surface area contributed by atoms with Crippen LogP contribution in [0.5, 0.6) is 5.75 Å². The van der Waals surface area contributed by atoms with Gasteiger partial charge in [-0.05, 0) is 63.7 Å². The van der Waals surface area contributed by atoms with Gasteiger partial charge in [-0.2, -0.15) is 0 Å². The summed E-state index contributed by atoms with van der Waals surface area (Å²) in [6.45, 7) is 8.38. The molecule has 0 fully saturated rings. The zero-order valence-electron chi connectivity index (χ0n) is 14.6. The first-order chi connectivity index (χ1) is 11.3. The molecule has 1 atom stereocenters. The fourth-order valence-corrected chi connectivity index (χ4v) is 3.31. The molecule has 0 aromatic heterocycles. The van der Waals surface area contributed by atoms with Crippen molar-refractivity contribution in [1.82, 2.24) is 5.32 Å². The van der Waals surface area contributed by atoms with Crippen molar-refractivity contribution in [1.29, 1.82) is 0 Å². The number of ether oxygens (including phenoxy) is 1. The smallest absolute Gasteiger partial charge is 0.171 e. The maximum Gasteiger partial charge on any atom is 0.171 e. The molecule has 126 valence electrons. The molecule has 4 heteroatoms. The summed E-state index contributed by atoms with van der Waals surface area (Å²) >= 11 is 5.52. The monoisotopic (exact) mass is 340 g/mol. The highest BCUT2D eigenvalue weighted by molar-refractivity contribution is 7.80. The largest absolute Gasteiger partial charge is 0.487 e. The summed E-state index contributed by atoms with van der Waals surface area (Å²) in [5.41, 5.74) is 4.36. The predicted octanol–water partition coefficient (Wildman–Crippen LogP) is 4.89. The summed E-state index contributed by atoms with van der Waals surface area (Å²) in [5.74, 6) is 0.946. The van der Waals surface area contributed by atoms with Crippen LogP contribution in [0.1, 0.15) is 43.0 Å². The number of anilines is 1. The maximum absolute atomic E-state index is 6.14. The number of hydrogen-bond donors (Lipinski definition) is 2. The Labute approximate surface area is 149 Å². The summed E-state index contributed by atoms with van der Waals surface area (Å²) in [4.78, 5) is 0. The maximum atomic E-state index is 6.14. The van der Waals surface area contributed by atoms with E-state index in [2.05, 4.69) is 68.7 Å². The van der Waals surface area contributed by atoms with Gasteiger partial charge in [-0.3, -0.25) is 0 Å². The molecule has 3 rings (SSSR count). The van der Waals surface area contributed by atoms with Crippen molar-refractivity contribution in [3.63, 3.8) is 0 Å². The molecule has 0 aliphatic carbocycles. The lowest BCUT2D eigenvalue weighted by Gasteiger charge is -2.38. The molecule has 2 aromatic carbocycles. The summed E-state index contributed by atoms with van der Waals surface area (Å²) in [6.07, 6.45) is 0.860. The van der Waals surface area contributed by atoms with Crippen molar-refractivity contribution in [2.24, 2.45) is 0 Å². The highest BCUT2D eigenvalue weighted by Crippen LogP contribution is 2.39. The molecule has 0 radical (unpaired) electrons. The highest BCUT2D eigenvalue weighted by atomic mass is 32.1. The number of fused-ring (bicyclic) bond motifs is 1. The van der Waals surface area contributed by atoms with E-state index >= 15 is 0 Å². The van der Waals surface area contributed by atoms with Gasteiger partial charge in [0.25, 0.3) is 0 Å². The van der Waals surface area contributed by atoms with Crippen LogP contribution in [0.15, 0.2) is 42.5 Å². The Bertz CT molecular complexity index is 753. The second-order valence-electron chi connectivity index (χ2n) is 7.12. The minimum absolute atomic E-state index is 0.134. The van der Waals surface area contributed by atoms with Gasteiger partial charge in [0.2, 0.25) is 0 Å². The van der Waals surface area contributed by atoms with Gasteiger partial charge in [0.15, 0.2) is 5.11 Å². The Hall–Kier alpha value is -2.07. The number of nitrogens with one attached hydrogen (secondary N) is 2. The lowest BCUT2D eigenvalue weighted by atomic mass is 9.89. The predicted molar refractivity (Wildman–Crippen MR) is 104 cm³/mol. The quantitative estimate of drug-likeness (QED) is 0.763. The summed E-state index contributed by atoms with van der Waals surface area (Å²) in [6, 6.07) is 14.7. The third kappa shape index (κ3) is 3.88. The summed E-state index contributed by atoms with van der Waals surface area (Å²) in [5, 5.41) is 7.35. The van der Waals surface area contributed by atoms with Crippen LogP contribution < -0.4 is 15.4 Å². The molecule has 2 aromatic rings. The Morgan fingerprint density at radius 2 is 1.75 bits per heavy atom. The van der Waals surface area contributed by atoms with Crippen LogP contribution in [0.2, 0.25) is 0 Å². The van der Waals surface area contributed by atoms with Crippen molar-refractivity contribution < 1.29 is 4.74 Å². The van der Waals surface area contributed by atoms with E-state index in [9.17, 15) is 0 Å². The van der Waals surface area contributed by atoms with Crippen LogP contribution in [0, 0.1) is 13.8 Å². The van der Waals surface area contributed by atoms with Gasteiger partial charge in [-0.1, -0.05) is 29.8 Å². The first kappa shape index (κ1) is 16.8. The van der Waals surface area contributed by atoms with Gasteiger partial charge in [0, 0.05) is 17.7 Å². The van der Waals surface area contributed by atoms with Crippen LogP contribution in [-0.2, 0) is 0 Å². The molecule has 1 aliphatic heterocycles. The standard InChI is InChI=1S/C20H24N2OS/c1-13-5-8-15(9-6-13)21-19(24)22-17-12-20(3,4)23-18-11-14(2)7-10-16(17)18/h5-11,17H,12H2,1-4H3,(H2,21,22,24)/t17-/m1/s1. The molecule has 0 spiro atoms. The SMILES string of the molecule is Cc1ccc(NC(=S)N[C@@H]2CC(C)(C)Oc3cc(C)ccc32)cc1. The van der Waals surface area contributed by atoms with Crippen molar-refractivity contribution in [2.75, 3.05) is 5.32 Å². The van der Waals surface area contributed by atoms with Crippen molar-refractivity contribution in [3.8, 4) is 5.75 Å². The molecule has 0 unspecified atom stereocenters. The molecule has 1 aliphatic rings. The van der Waals surface area contributed by atoms with Crippen LogP contribution in [-0.4, -0.2) is 10.7 Å². The number of thiocarbonyl (C=S) groups is 1. The number of rotatable bonds is 2. The van der Waals surface area contributed by atoms with E-state index in [0.717, 1.165) is 23.4 Å². The van der Waals surface area contributed by atoms with Crippen molar-refractivity contribution >= 4 is 23.0 Å². The summed E-state index contributed by atoms with van der Waals surface area (Å²) < 4.78 is 6.14. The average Bonchev–Trinajstić information content (AvgIpc) is 2.48. The van der Waals surface area contributed by atoms with E-state index < -0.39 is 0 Å². The van der Waals surface area contributed by atoms with E-state index in [1.165, 1.54) is 11.1 Å².